The van der Waals surface area contributed by atoms with Crippen LogP contribution < -0.4 is 14.8 Å². The van der Waals surface area contributed by atoms with Crippen molar-refractivity contribution in [2.75, 3.05) is 20.2 Å². The Kier molecular flexibility index (Phi) is 3.34. The Bertz CT molecular complexity index is 337. The first-order valence-electron chi connectivity index (χ1n) is 5.00. The lowest BCUT2D eigenvalue weighted by molar-refractivity contribution is 0.223. The highest BCUT2D eigenvalue weighted by atomic mass is 35.5. The van der Waals surface area contributed by atoms with Crippen molar-refractivity contribution in [3.8, 4) is 11.5 Å². The molecule has 1 aliphatic rings. The maximum Gasteiger partial charge on any atom is 0.138 e. The van der Waals surface area contributed by atoms with E-state index in [9.17, 15) is 0 Å². The van der Waals surface area contributed by atoms with E-state index >= 15 is 0 Å². The van der Waals surface area contributed by atoms with Crippen molar-refractivity contribution in [2.24, 2.45) is 0 Å². The van der Waals surface area contributed by atoms with E-state index in [1.165, 1.54) is 0 Å². The van der Waals surface area contributed by atoms with Crippen LogP contribution in [0.15, 0.2) is 18.2 Å². The van der Waals surface area contributed by atoms with Crippen molar-refractivity contribution in [3.63, 3.8) is 0 Å². The van der Waals surface area contributed by atoms with Crippen LogP contribution in [-0.4, -0.2) is 26.3 Å². The molecule has 0 bridgehead atoms. The number of halogens is 1. The molecule has 1 N–H and O–H groups in total. The first kappa shape index (κ1) is 10.6. The monoisotopic (exact) mass is 227 g/mol. The molecule has 1 aliphatic heterocycles. The van der Waals surface area contributed by atoms with Crippen LogP contribution >= 0.6 is 11.6 Å². The van der Waals surface area contributed by atoms with Crippen LogP contribution in [0.4, 0.5) is 0 Å². The highest BCUT2D eigenvalue weighted by molar-refractivity contribution is 6.32. The van der Waals surface area contributed by atoms with Gasteiger partial charge in [-0.2, -0.15) is 0 Å². The van der Waals surface area contributed by atoms with Crippen molar-refractivity contribution >= 4 is 11.6 Å². The Morgan fingerprint density at radius 3 is 2.93 bits per heavy atom. The predicted molar refractivity (Wildman–Crippen MR) is 59.9 cm³/mol. The minimum Gasteiger partial charge on any atom is -0.497 e. The van der Waals surface area contributed by atoms with Crippen molar-refractivity contribution in [3.05, 3.63) is 23.2 Å². The number of nitrogens with one attached hydrogen (secondary N) is 1. The third-order valence-corrected chi connectivity index (χ3v) is 2.74. The van der Waals surface area contributed by atoms with Gasteiger partial charge in [0, 0.05) is 12.6 Å². The fourth-order valence-corrected chi connectivity index (χ4v) is 1.83. The normalized spacial score (nSPS) is 20.3. The fraction of sp³-hybridized carbons (Fsp3) is 0.455. The molecular formula is C11H14ClNO2. The lowest BCUT2D eigenvalue weighted by Crippen LogP contribution is -2.19. The molecule has 1 aromatic rings. The smallest absolute Gasteiger partial charge is 0.138 e. The van der Waals surface area contributed by atoms with Crippen LogP contribution in [0.1, 0.15) is 6.42 Å². The molecule has 1 saturated heterocycles. The van der Waals surface area contributed by atoms with E-state index in [1.807, 2.05) is 12.1 Å². The molecule has 1 aromatic carbocycles. The number of benzene rings is 1. The molecule has 0 aromatic heterocycles. The maximum absolute atomic E-state index is 6.06. The van der Waals surface area contributed by atoms with Crippen LogP contribution in [0.5, 0.6) is 11.5 Å². The summed E-state index contributed by atoms with van der Waals surface area (Å²) in [6, 6.07) is 5.46. The summed E-state index contributed by atoms with van der Waals surface area (Å²) in [5, 5.41) is 3.84. The van der Waals surface area contributed by atoms with Crippen LogP contribution in [0, 0.1) is 0 Å². The first-order chi connectivity index (χ1) is 7.29. The van der Waals surface area contributed by atoms with Gasteiger partial charge in [0.15, 0.2) is 0 Å². The Labute approximate surface area is 94.3 Å². The number of rotatable bonds is 3. The topological polar surface area (TPSA) is 30.5 Å². The second-order valence-electron chi connectivity index (χ2n) is 3.53. The van der Waals surface area contributed by atoms with Crippen molar-refractivity contribution in [2.45, 2.75) is 12.5 Å². The third-order valence-electron chi connectivity index (χ3n) is 2.45. The first-order valence-corrected chi connectivity index (χ1v) is 5.38. The summed E-state index contributed by atoms with van der Waals surface area (Å²) in [5.74, 6) is 1.48. The molecular weight excluding hydrogens is 214 g/mol. The Morgan fingerprint density at radius 2 is 2.33 bits per heavy atom. The largest absolute Gasteiger partial charge is 0.497 e. The molecule has 3 nitrogen and oxygen atoms in total. The number of methoxy groups -OCH3 is 1. The molecule has 1 atom stereocenters. The van der Waals surface area contributed by atoms with Gasteiger partial charge < -0.3 is 14.8 Å². The average molecular weight is 228 g/mol. The van der Waals surface area contributed by atoms with Crippen molar-refractivity contribution in [1.29, 1.82) is 0 Å². The maximum atomic E-state index is 6.06. The zero-order valence-corrected chi connectivity index (χ0v) is 9.38. The van der Waals surface area contributed by atoms with E-state index in [0.29, 0.717) is 5.02 Å². The van der Waals surface area contributed by atoms with E-state index in [2.05, 4.69) is 5.32 Å². The molecule has 1 unspecified atom stereocenters. The predicted octanol–water partition coefficient (Wildman–Crippen LogP) is 2.09. The highest BCUT2D eigenvalue weighted by Gasteiger charge is 2.17. The Morgan fingerprint density at radius 1 is 1.47 bits per heavy atom. The standard InChI is InChI=1S/C11H14ClNO2/c1-14-8-2-3-11(10(12)6-8)15-9-4-5-13-7-9/h2-3,6,9,13H,4-5,7H2,1H3. The summed E-state index contributed by atoms with van der Waals surface area (Å²) >= 11 is 6.06. The Balaban J connectivity index is 2.07. The van der Waals surface area contributed by atoms with Crippen LogP contribution in [0.2, 0.25) is 5.02 Å². The average Bonchev–Trinajstić information content (AvgIpc) is 2.74. The molecule has 0 amide bonds. The minimum atomic E-state index is 0.232. The van der Waals surface area contributed by atoms with E-state index in [1.54, 1.807) is 13.2 Å². The zero-order chi connectivity index (χ0) is 10.7. The molecule has 2 rings (SSSR count). The van der Waals surface area contributed by atoms with E-state index in [4.69, 9.17) is 21.1 Å². The van der Waals surface area contributed by atoms with E-state index in [-0.39, 0.29) is 6.10 Å². The summed E-state index contributed by atoms with van der Waals surface area (Å²) < 4.78 is 10.8. The quantitative estimate of drug-likeness (QED) is 0.858. The molecule has 0 radical (unpaired) electrons. The molecule has 1 fully saturated rings. The number of hydrogen-bond acceptors (Lipinski definition) is 3. The van der Waals surface area contributed by atoms with E-state index < -0.39 is 0 Å². The lowest BCUT2D eigenvalue weighted by atomic mass is 10.3. The van der Waals surface area contributed by atoms with Gasteiger partial charge in [0.1, 0.15) is 17.6 Å². The lowest BCUT2D eigenvalue weighted by Gasteiger charge is -2.14. The molecule has 1 heterocycles. The second kappa shape index (κ2) is 4.73. The Hall–Kier alpha value is -0.930. The van der Waals surface area contributed by atoms with Crippen LogP contribution in [0.3, 0.4) is 0 Å². The van der Waals surface area contributed by atoms with Crippen LogP contribution in [0.25, 0.3) is 0 Å². The highest BCUT2D eigenvalue weighted by Crippen LogP contribution is 2.29. The summed E-state index contributed by atoms with van der Waals surface area (Å²) in [5.41, 5.74) is 0. The van der Waals surface area contributed by atoms with Crippen LogP contribution in [-0.2, 0) is 0 Å². The summed E-state index contributed by atoms with van der Waals surface area (Å²) in [4.78, 5) is 0. The zero-order valence-electron chi connectivity index (χ0n) is 8.63. The SMILES string of the molecule is COc1ccc(OC2CCNC2)c(Cl)c1. The van der Waals surface area contributed by atoms with E-state index in [0.717, 1.165) is 31.0 Å². The molecule has 0 aliphatic carbocycles. The van der Waals surface area contributed by atoms with Gasteiger partial charge >= 0.3 is 0 Å². The fourth-order valence-electron chi connectivity index (χ4n) is 1.61. The molecule has 4 heteroatoms. The molecule has 82 valence electrons. The summed E-state index contributed by atoms with van der Waals surface area (Å²) in [6.45, 7) is 1.90. The summed E-state index contributed by atoms with van der Waals surface area (Å²) in [6.07, 6.45) is 1.26. The molecule has 0 spiro atoms. The van der Waals surface area contributed by atoms with Gasteiger partial charge in [-0.25, -0.2) is 0 Å². The number of hydrogen-bond donors (Lipinski definition) is 1. The van der Waals surface area contributed by atoms with Gasteiger partial charge in [-0.15, -0.1) is 0 Å². The van der Waals surface area contributed by atoms with Crippen molar-refractivity contribution < 1.29 is 9.47 Å². The van der Waals surface area contributed by atoms with Crippen molar-refractivity contribution in [1.82, 2.24) is 5.32 Å². The van der Waals surface area contributed by atoms with Gasteiger partial charge in [0.05, 0.1) is 12.1 Å². The number of ether oxygens (including phenoxy) is 2. The van der Waals surface area contributed by atoms with Gasteiger partial charge in [0.2, 0.25) is 0 Å². The van der Waals surface area contributed by atoms with Gasteiger partial charge in [-0.05, 0) is 25.1 Å². The van der Waals surface area contributed by atoms with Gasteiger partial charge in [0.25, 0.3) is 0 Å². The van der Waals surface area contributed by atoms with Gasteiger partial charge in [-0.1, -0.05) is 11.6 Å². The molecule has 15 heavy (non-hydrogen) atoms. The summed E-state index contributed by atoms with van der Waals surface area (Å²) in [7, 11) is 1.62. The van der Waals surface area contributed by atoms with Gasteiger partial charge in [-0.3, -0.25) is 0 Å². The third kappa shape index (κ3) is 2.55. The second-order valence-corrected chi connectivity index (χ2v) is 3.94. The minimum absolute atomic E-state index is 0.232. The molecule has 0 saturated carbocycles.